The number of rotatable bonds is 7. The van der Waals surface area contributed by atoms with E-state index in [1.54, 1.807) is 67.8 Å². The van der Waals surface area contributed by atoms with Crippen molar-refractivity contribution in [3.63, 3.8) is 0 Å². The lowest BCUT2D eigenvalue weighted by atomic mass is 9.74. The van der Waals surface area contributed by atoms with Gasteiger partial charge in [-0.2, -0.15) is 0 Å². The first kappa shape index (κ1) is 22.5. The molecule has 0 saturated heterocycles. The standard InChI is InChI=1S/C27H24N2O6/c1-4-34-21-12-8-5-9-18(21)25(30)23-24(17-14-13-16(32-2)15-22(17)33-3)29-35-27(23)19-10-6-7-11-20(19)28-26(27)31/h5-15,23H,4H2,1-3H3,(H,28,31). The van der Waals surface area contributed by atoms with Crippen molar-refractivity contribution in [1.29, 1.82) is 0 Å². The summed E-state index contributed by atoms with van der Waals surface area (Å²) in [5.41, 5.74) is 0.589. The molecule has 8 heteroatoms. The van der Waals surface area contributed by atoms with Crippen LogP contribution >= 0.6 is 0 Å². The summed E-state index contributed by atoms with van der Waals surface area (Å²) in [5, 5.41) is 7.18. The molecule has 5 rings (SSSR count). The number of fused-ring (bicyclic) bond motifs is 2. The number of benzene rings is 3. The first-order chi connectivity index (χ1) is 17.0. The highest BCUT2D eigenvalue weighted by atomic mass is 16.7. The lowest BCUT2D eigenvalue weighted by molar-refractivity contribution is -0.140. The summed E-state index contributed by atoms with van der Waals surface area (Å²) in [6.45, 7) is 2.23. The van der Waals surface area contributed by atoms with Gasteiger partial charge in [0.25, 0.3) is 11.5 Å². The Morgan fingerprint density at radius 2 is 1.80 bits per heavy atom. The number of Topliss-reactive ketones (excluding diaryl/α,β-unsaturated/α-hetero) is 1. The first-order valence-electron chi connectivity index (χ1n) is 11.2. The topological polar surface area (TPSA) is 95.5 Å². The van der Waals surface area contributed by atoms with E-state index in [-0.39, 0.29) is 11.5 Å². The maximum absolute atomic E-state index is 14.3. The number of oxime groups is 1. The Labute approximate surface area is 202 Å². The van der Waals surface area contributed by atoms with E-state index in [9.17, 15) is 9.59 Å². The van der Waals surface area contributed by atoms with Gasteiger partial charge in [0.1, 0.15) is 28.9 Å². The van der Waals surface area contributed by atoms with Gasteiger partial charge in [-0.3, -0.25) is 9.59 Å². The summed E-state index contributed by atoms with van der Waals surface area (Å²) >= 11 is 0. The van der Waals surface area contributed by atoms with Crippen LogP contribution in [-0.2, 0) is 15.2 Å². The molecular weight excluding hydrogens is 448 g/mol. The molecule has 8 nitrogen and oxygen atoms in total. The maximum Gasteiger partial charge on any atom is 0.277 e. The van der Waals surface area contributed by atoms with Crippen molar-refractivity contribution in [3.8, 4) is 17.2 Å². The van der Waals surface area contributed by atoms with Gasteiger partial charge in [0.2, 0.25) is 0 Å². The number of para-hydroxylation sites is 2. The summed E-state index contributed by atoms with van der Waals surface area (Å²) in [5.74, 6) is -0.475. The molecule has 2 aliphatic heterocycles. The number of ketones is 1. The number of ether oxygens (including phenoxy) is 3. The molecule has 3 aromatic carbocycles. The van der Waals surface area contributed by atoms with Gasteiger partial charge in [-0.1, -0.05) is 35.5 Å². The summed E-state index contributed by atoms with van der Waals surface area (Å²) in [7, 11) is 3.07. The van der Waals surface area contributed by atoms with Crippen molar-refractivity contribution in [2.24, 2.45) is 11.1 Å². The molecule has 2 aliphatic rings. The van der Waals surface area contributed by atoms with Crippen molar-refractivity contribution < 1.29 is 28.6 Å². The van der Waals surface area contributed by atoms with Crippen molar-refractivity contribution in [1.82, 2.24) is 0 Å². The van der Waals surface area contributed by atoms with E-state index >= 15 is 0 Å². The van der Waals surface area contributed by atoms with Gasteiger partial charge in [-0.05, 0) is 37.3 Å². The zero-order chi connectivity index (χ0) is 24.6. The Bertz CT molecular complexity index is 1350. The van der Waals surface area contributed by atoms with E-state index in [4.69, 9.17) is 19.0 Å². The van der Waals surface area contributed by atoms with Crippen LogP contribution in [0.25, 0.3) is 0 Å². The molecule has 0 radical (unpaired) electrons. The zero-order valence-electron chi connectivity index (χ0n) is 19.5. The Kier molecular flexibility index (Phi) is 5.64. The van der Waals surface area contributed by atoms with Crippen LogP contribution in [0.3, 0.4) is 0 Å². The van der Waals surface area contributed by atoms with E-state index in [1.807, 2.05) is 13.0 Å². The monoisotopic (exact) mass is 472 g/mol. The predicted octanol–water partition coefficient (Wildman–Crippen LogP) is 4.18. The van der Waals surface area contributed by atoms with Gasteiger partial charge in [-0.15, -0.1) is 0 Å². The second kappa shape index (κ2) is 8.79. The number of carbonyl (C=O) groups is 2. The normalized spacial score (nSPS) is 20.0. The number of hydrogen-bond donors (Lipinski definition) is 1. The largest absolute Gasteiger partial charge is 0.497 e. The molecule has 2 atom stereocenters. The molecule has 0 fully saturated rings. The Morgan fingerprint density at radius 1 is 1.03 bits per heavy atom. The average molecular weight is 472 g/mol. The molecule has 2 unspecified atom stereocenters. The third-order valence-electron chi connectivity index (χ3n) is 6.28. The van der Waals surface area contributed by atoms with Crippen LogP contribution in [0.1, 0.15) is 28.4 Å². The van der Waals surface area contributed by atoms with Crippen molar-refractivity contribution >= 4 is 23.1 Å². The van der Waals surface area contributed by atoms with Crippen LogP contribution in [0.4, 0.5) is 5.69 Å². The summed E-state index contributed by atoms with van der Waals surface area (Å²) in [4.78, 5) is 33.7. The van der Waals surface area contributed by atoms with E-state index in [1.165, 1.54) is 7.11 Å². The minimum Gasteiger partial charge on any atom is -0.497 e. The molecule has 178 valence electrons. The van der Waals surface area contributed by atoms with Crippen LogP contribution in [0.5, 0.6) is 17.2 Å². The molecule has 0 bridgehead atoms. The summed E-state index contributed by atoms with van der Waals surface area (Å²) in [6, 6.07) is 19.3. The van der Waals surface area contributed by atoms with Crippen molar-refractivity contribution in [2.75, 3.05) is 26.1 Å². The zero-order valence-corrected chi connectivity index (χ0v) is 19.5. The lowest BCUT2D eigenvalue weighted by Crippen LogP contribution is -2.46. The fourth-order valence-corrected chi connectivity index (χ4v) is 4.68. The highest BCUT2D eigenvalue weighted by Crippen LogP contribution is 2.51. The van der Waals surface area contributed by atoms with Gasteiger partial charge in [0.15, 0.2) is 5.78 Å². The molecule has 0 saturated carbocycles. The molecule has 0 aromatic heterocycles. The highest BCUT2D eigenvalue weighted by Gasteiger charge is 2.63. The van der Waals surface area contributed by atoms with Crippen molar-refractivity contribution in [3.05, 3.63) is 83.4 Å². The van der Waals surface area contributed by atoms with E-state index in [0.717, 1.165) is 0 Å². The number of amides is 1. The molecule has 35 heavy (non-hydrogen) atoms. The third kappa shape index (κ3) is 3.41. The number of hydrogen-bond acceptors (Lipinski definition) is 7. The van der Waals surface area contributed by atoms with Gasteiger partial charge in [0.05, 0.1) is 26.4 Å². The average Bonchev–Trinajstić information content (AvgIpc) is 3.42. The summed E-state index contributed by atoms with van der Waals surface area (Å²) < 4.78 is 16.6. The van der Waals surface area contributed by atoms with Crippen LogP contribution < -0.4 is 19.5 Å². The molecule has 3 aromatic rings. The molecule has 1 amide bonds. The number of anilines is 1. The van der Waals surface area contributed by atoms with Gasteiger partial charge >= 0.3 is 0 Å². The minimum atomic E-state index is -1.67. The number of methoxy groups -OCH3 is 2. The van der Waals surface area contributed by atoms with E-state index in [2.05, 4.69) is 10.5 Å². The van der Waals surface area contributed by atoms with E-state index < -0.39 is 17.4 Å². The minimum absolute atomic E-state index is 0.285. The molecule has 1 spiro atoms. The maximum atomic E-state index is 14.3. The van der Waals surface area contributed by atoms with Crippen LogP contribution in [0, 0.1) is 5.92 Å². The van der Waals surface area contributed by atoms with Crippen LogP contribution in [0.2, 0.25) is 0 Å². The number of nitrogens with one attached hydrogen (secondary N) is 1. The molecule has 0 aliphatic carbocycles. The lowest BCUT2D eigenvalue weighted by Gasteiger charge is -2.27. The SMILES string of the molecule is CCOc1ccccc1C(=O)C1C(c2ccc(OC)cc2OC)=NOC12C(=O)Nc1ccccc12. The summed E-state index contributed by atoms with van der Waals surface area (Å²) in [6.07, 6.45) is 0. The van der Waals surface area contributed by atoms with Crippen molar-refractivity contribution in [2.45, 2.75) is 12.5 Å². The number of carbonyl (C=O) groups excluding carboxylic acids is 2. The second-order valence-corrected chi connectivity index (χ2v) is 8.10. The quantitative estimate of drug-likeness (QED) is 0.519. The Hall–Kier alpha value is -4.33. The molecule has 2 heterocycles. The Morgan fingerprint density at radius 3 is 2.57 bits per heavy atom. The van der Waals surface area contributed by atoms with Gasteiger partial charge in [-0.25, -0.2) is 0 Å². The van der Waals surface area contributed by atoms with E-state index in [0.29, 0.717) is 46.2 Å². The molecule has 1 N–H and O–H groups in total. The first-order valence-corrected chi connectivity index (χ1v) is 11.2. The number of nitrogens with zero attached hydrogens (tertiary/aromatic N) is 1. The molecular formula is C27H24N2O6. The second-order valence-electron chi connectivity index (χ2n) is 8.10. The fourth-order valence-electron chi connectivity index (χ4n) is 4.68. The smallest absolute Gasteiger partial charge is 0.277 e. The fraction of sp³-hybridized carbons (Fsp3) is 0.222. The predicted molar refractivity (Wildman–Crippen MR) is 129 cm³/mol. The Balaban J connectivity index is 1.72. The third-order valence-corrected chi connectivity index (χ3v) is 6.28. The van der Waals surface area contributed by atoms with Crippen LogP contribution in [-0.4, -0.2) is 38.2 Å². The van der Waals surface area contributed by atoms with Gasteiger partial charge in [0, 0.05) is 22.9 Å². The van der Waals surface area contributed by atoms with Gasteiger partial charge < -0.3 is 24.4 Å². The highest BCUT2D eigenvalue weighted by molar-refractivity contribution is 6.25. The van der Waals surface area contributed by atoms with Crippen LogP contribution in [0.15, 0.2) is 71.9 Å².